The first-order valence-electron chi connectivity index (χ1n) is 7.97. The molecule has 0 aliphatic rings. The van der Waals surface area contributed by atoms with Crippen LogP contribution in [0.4, 0.5) is 17.6 Å². The van der Waals surface area contributed by atoms with Crippen LogP contribution in [0, 0.1) is 5.82 Å². The van der Waals surface area contributed by atoms with Gasteiger partial charge < -0.3 is 14.4 Å². The van der Waals surface area contributed by atoms with Gasteiger partial charge in [0.15, 0.2) is 17.7 Å². The van der Waals surface area contributed by atoms with Crippen LogP contribution in [0.2, 0.25) is 0 Å². The van der Waals surface area contributed by atoms with Gasteiger partial charge in [0.05, 0.1) is 12.7 Å². The van der Waals surface area contributed by atoms with Crippen molar-refractivity contribution in [1.29, 1.82) is 0 Å². The van der Waals surface area contributed by atoms with Crippen molar-refractivity contribution in [2.75, 3.05) is 21.2 Å². The summed E-state index contributed by atoms with van der Waals surface area (Å²) in [5.74, 6) is -1.26. The second-order valence-corrected chi connectivity index (χ2v) is 6.09. The Balaban J connectivity index is 2.49. The minimum atomic E-state index is -4.63. The van der Waals surface area contributed by atoms with Crippen LogP contribution in [0.5, 0.6) is 11.5 Å². The summed E-state index contributed by atoms with van der Waals surface area (Å²) >= 11 is 0. The number of alkyl halides is 3. The molecule has 0 aliphatic carbocycles. The Morgan fingerprint density at radius 1 is 1.07 bits per heavy atom. The highest BCUT2D eigenvalue weighted by atomic mass is 19.4. The number of carbonyl (C=O) groups excluding carboxylic acids is 1. The van der Waals surface area contributed by atoms with Crippen LogP contribution >= 0.6 is 0 Å². The first-order valence-corrected chi connectivity index (χ1v) is 7.97. The summed E-state index contributed by atoms with van der Waals surface area (Å²) < 4.78 is 63.9. The van der Waals surface area contributed by atoms with Gasteiger partial charge in [-0.25, -0.2) is 4.39 Å². The molecular formula is C19H19F4NO3. The molecule has 1 amide bonds. The number of likely N-dealkylation sites (N-methyl/N-ethyl adjacent to an activating group) is 1. The lowest BCUT2D eigenvalue weighted by atomic mass is 10.0. The summed E-state index contributed by atoms with van der Waals surface area (Å²) in [5.41, 5.74) is -0.641. The topological polar surface area (TPSA) is 38.8 Å². The van der Waals surface area contributed by atoms with E-state index in [4.69, 9.17) is 9.47 Å². The van der Waals surface area contributed by atoms with E-state index in [9.17, 15) is 22.4 Å². The SMILES string of the molecule is COc1ccc(-c2cc(OC(C)C(=O)N(C)C)cc(C(F)(F)F)c2)cc1F. The fourth-order valence-electron chi connectivity index (χ4n) is 2.46. The lowest BCUT2D eigenvalue weighted by Gasteiger charge is -2.20. The first-order chi connectivity index (χ1) is 12.5. The van der Waals surface area contributed by atoms with Crippen LogP contribution in [-0.4, -0.2) is 38.1 Å². The quantitative estimate of drug-likeness (QED) is 0.718. The van der Waals surface area contributed by atoms with Gasteiger partial charge in [0.1, 0.15) is 5.75 Å². The number of halogens is 4. The van der Waals surface area contributed by atoms with Crippen LogP contribution in [-0.2, 0) is 11.0 Å². The molecule has 0 aliphatic heterocycles. The predicted octanol–water partition coefficient (Wildman–Crippen LogP) is 4.38. The van der Waals surface area contributed by atoms with Crippen LogP contribution in [0.15, 0.2) is 36.4 Å². The van der Waals surface area contributed by atoms with Gasteiger partial charge in [-0.05, 0) is 48.4 Å². The first kappa shape index (κ1) is 20.5. The smallest absolute Gasteiger partial charge is 0.416 e. The normalized spacial score (nSPS) is 12.4. The number of rotatable bonds is 5. The molecule has 1 unspecified atom stereocenters. The molecule has 8 heteroatoms. The number of nitrogens with zero attached hydrogens (tertiary/aromatic N) is 1. The van der Waals surface area contributed by atoms with E-state index >= 15 is 0 Å². The molecule has 2 aromatic rings. The third-order valence-corrected chi connectivity index (χ3v) is 3.82. The number of methoxy groups -OCH3 is 1. The monoisotopic (exact) mass is 385 g/mol. The van der Waals surface area contributed by atoms with E-state index in [0.717, 1.165) is 18.2 Å². The van der Waals surface area contributed by atoms with Gasteiger partial charge in [0.2, 0.25) is 0 Å². The zero-order chi connectivity index (χ0) is 20.4. The average Bonchev–Trinajstić information content (AvgIpc) is 2.59. The lowest BCUT2D eigenvalue weighted by molar-refractivity contribution is -0.137. The number of benzene rings is 2. The zero-order valence-electron chi connectivity index (χ0n) is 15.2. The molecule has 0 radical (unpaired) electrons. The Bertz CT molecular complexity index is 834. The third kappa shape index (κ3) is 4.90. The zero-order valence-corrected chi connectivity index (χ0v) is 15.2. The largest absolute Gasteiger partial charge is 0.494 e. The number of amides is 1. The molecule has 0 saturated heterocycles. The summed E-state index contributed by atoms with van der Waals surface area (Å²) in [6.45, 7) is 1.44. The molecule has 2 rings (SSSR count). The molecule has 0 fully saturated rings. The van der Waals surface area contributed by atoms with Gasteiger partial charge in [0.25, 0.3) is 5.91 Å². The summed E-state index contributed by atoms with van der Waals surface area (Å²) in [6, 6.07) is 6.87. The second kappa shape index (κ2) is 7.85. The molecule has 0 N–H and O–H groups in total. The Morgan fingerprint density at radius 2 is 1.74 bits per heavy atom. The minimum Gasteiger partial charge on any atom is -0.494 e. The molecule has 0 bridgehead atoms. The van der Waals surface area contributed by atoms with Crippen molar-refractivity contribution in [3.8, 4) is 22.6 Å². The van der Waals surface area contributed by atoms with Crippen molar-refractivity contribution in [1.82, 2.24) is 4.90 Å². The Labute approximate surface area is 154 Å². The van der Waals surface area contributed by atoms with Gasteiger partial charge >= 0.3 is 6.18 Å². The molecule has 0 aromatic heterocycles. The summed E-state index contributed by atoms with van der Waals surface area (Å²) in [4.78, 5) is 13.2. The molecule has 146 valence electrons. The fourth-order valence-corrected chi connectivity index (χ4v) is 2.46. The van der Waals surface area contributed by atoms with E-state index in [1.165, 1.54) is 51.2 Å². The highest BCUT2D eigenvalue weighted by Crippen LogP contribution is 2.36. The standard InChI is InChI=1S/C19H19F4NO3/c1-11(18(25)24(2)3)27-15-8-13(7-14(10-15)19(21,22)23)12-5-6-17(26-4)16(20)9-12/h5-11H,1-4H3. The summed E-state index contributed by atoms with van der Waals surface area (Å²) in [5, 5.41) is 0. The number of ether oxygens (including phenoxy) is 2. The van der Waals surface area contributed by atoms with E-state index in [1.807, 2.05) is 0 Å². The van der Waals surface area contributed by atoms with E-state index < -0.39 is 29.6 Å². The van der Waals surface area contributed by atoms with Gasteiger partial charge in [-0.2, -0.15) is 13.2 Å². The van der Waals surface area contributed by atoms with Crippen LogP contribution < -0.4 is 9.47 Å². The van der Waals surface area contributed by atoms with E-state index in [2.05, 4.69) is 0 Å². The van der Waals surface area contributed by atoms with E-state index in [-0.39, 0.29) is 22.6 Å². The number of carbonyl (C=O) groups is 1. The van der Waals surface area contributed by atoms with Crippen LogP contribution in [0.1, 0.15) is 12.5 Å². The third-order valence-electron chi connectivity index (χ3n) is 3.82. The molecule has 1 atom stereocenters. The van der Waals surface area contributed by atoms with Crippen molar-refractivity contribution in [2.45, 2.75) is 19.2 Å². The summed E-state index contributed by atoms with van der Waals surface area (Å²) in [6.07, 6.45) is -5.61. The summed E-state index contributed by atoms with van der Waals surface area (Å²) in [7, 11) is 4.32. The van der Waals surface area contributed by atoms with Crippen LogP contribution in [0.3, 0.4) is 0 Å². The molecular weight excluding hydrogens is 366 g/mol. The molecule has 27 heavy (non-hydrogen) atoms. The fraction of sp³-hybridized carbons (Fsp3) is 0.316. The maximum atomic E-state index is 13.9. The van der Waals surface area contributed by atoms with Crippen molar-refractivity contribution in [3.63, 3.8) is 0 Å². The molecule has 0 saturated carbocycles. The van der Waals surface area contributed by atoms with Gasteiger partial charge in [-0.15, -0.1) is 0 Å². The van der Waals surface area contributed by atoms with E-state index in [1.54, 1.807) is 0 Å². The van der Waals surface area contributed by atoms with Gasteiger partial charge in [-0.1, -0.05) is 6.07 Å². The highest BCUT2D eigenvalue weighted by molar-refractivity contribution is 5.80. The van der Waals surface area contributed by atoms with Gasteiger partial charge in [-0.3, -0.25) is 4.79 Å². The Morgan fingerprint density at radius 3 is 2.26 bits per heavy atom. The molecule has 4 nitrogen and oxygen atoms in total. The maximum absolute atomic E-state index is 13.9. The highest BCUT2D eigenvalue weighted by Gasteiger charge is 2.32. The average molecular weight is 385 g/mol. The lowest BCUT2D eigenvalue weighted by Crippen LogP contribution is -2.35. The second-order valence-electron chi connectivity index (χ2n) is 6.09. The Kier molecular flexibility index (Phi) is 5.98. The predicted molar refractivity (Wildman–Crippen MR) is 92.2 cm³/mol. The number of hydrogen-bond acceptors (Lipinski definition) is 3. The molecule has 2 aromatic carbocycles. The van der Waals surface area contributed by atoms with Crippen molar-refractivity contribution in [3.05, 3.63) is 47.8 Å². The Hall–Kier alpha value is -2.77. The molecule has 0 spiro atoms. The number of hydrogen-bond donors (Lipinski definition) is 0. The molecule has 0 heterocycles. The minimum absolute atomic E-state index is 0.0209. The maximum Gasteiger partial charge on any atom is 0.416 e. The van der Waals surface area contributed by atoms with Crippen molar-refractivity contribution in [2.24, 2.45) is 0 Å². The van der Waals surface area contributed by atoms with Crippen LogP contribution in [0.25, 0.3) is 11.1 Å². The van der Waals surface area contributed by atoms with Crippen molar-refractivity contribution < 1.29 is 31.8 Å². The van der Waals surface area contributed by atoms with E-state index in [0.29, 0.717) is 0 Å². The van der Waals surface area contributed by atoms with Crippen molar-refractivity contribution >= 4 is 5.91 Å². The van der Waals surface area contributed by atoms with Gasteiger partial charge in [0, 0.05) is 14.1 Å².